The standard InChI is InChI=1S/C20H26N2O4/c1-23-19-12-10-15(13-20(19)24-2)9-11-17(21-25-3)14-16-7-5-6-8-18(16)22-26-4/h6,8-13,16H,5,7,14H2,1-4H3/b11-9+,21-17+,22-18?. The van der Waals surface area contributed by atoms with E-state index in [9.17, 15) is 0 Å². The number of benzene rings is 1. The van der Waals surface area contributed by atoms with Crippen molar-refractivity contribution >= 4 is 17.5 Å². The largest absolute Gasteiger partial charge is 0.493 e. The van der Waals surface area contributed by atoms with E-state index < -0.39 is 0 Å². The molecule has 140 valence electrons. The predicted molar refractivity (Wildman–Crippen MR) is 104 cm³/mol. The summed E-state index contributed by atoms with van der Waals surface area (Å²) in [6.45, 7) is 0. The van der Waals surface area contributed by atoms with Crippen LogP contribution in [0.25, 0.3) is 6.08 Å². The van der Waals surface area contributed by atoms with Crippen molar-refractivity contribution in [2.75, 3.05) is 28.4 Å². The van der Waals surface area contributed by atoms with Crippen molar-refractivity contribution in [2.45, 2.75) is 19.3 Å². The van der Waals surface area contributed by atoms with Crippen LogP contribution >= 0.6 is 0 Å². The van der Waals surface area contributed by atoms with Crippen LogP contribution in [0.2, 0.25) is 0 Å². The van der Waals surface area contributed by atoms with Gasteiger partial charge in [-0.2, -0.15) is 0 Å². The van der Waals surface area contributed by atoms with Gasteiger partial charge in [-0.3, -0.25) is 0 Å². The van der Waals surface area contributed by atoms with Crippen LogP contribution in [-0.4, -0.2) is 39.9 Å². The quantitative estimate of drug-likeness (QED) is 0.519. The average molecular weight is 358 g/mol. The molecule has 1 aromatic rings. The fraction of sp³-hybridized carbons (Fsp3) is 0.400. The van der Waals surface area contributed by atoms with Gasteiger partial charge in [-0.05, 0) is 42.7 Å². The molecule has 1 aliphatic rings. The van der Waals surface area contributed by atoms with Gasteiger partial charge in [0.15, 0.2) is 11.5 Å². The molecule has 0 radical (unpaired) electrons. The minimum absolute atomic E-state index is 0.254. The first kappa shape index (κ1) is 19.6. The molecule has 1 unspecified atom stereocenters. The van der Waals surface area contributed by atoms with E-state index in [0.717, 1.165) is 36.2 Å². The van der Waals surface area contributed by atoms with Crippen LogP contribution in [-0.2, 0) is 9.68 Å². The Morgan fingerprint density at radius 1 is 1.12 bits per heavy atom. The Balaban J connectivity index is 2.15. The smallest absolute Gasteiger partial charge is 0.161 e. The minimum Gasteiger partial charge on any atom is -0.493 e. The summed E-state index contributed by atoms with van der Waals surface area (Å²) in [5.74, 6) is 1.64. The van der Waals surface area contributed by atoms with Crippen molar-refractivity contribution in [1.82, 2.24) is 0 Å². The van der Waals surface area contributed by atoms with Crippen LogP contribution in [0.15, 0.2) is 46.7 Å². The van der Waals surface area contributed by atoms with E-state index in [1.807, 2.05) is 36.4 Å². The molecule has 0 spiro atoms. The number of allylic oxidation sites excluding steroid dienone is 3. The molecule has 2 rings (SSSR count). The number of hydrogen-bond acceptors (Lipinski definition) is 6. The molecular formula is C20H26N2O4. The molecule has 0 amide bonds. The van der Waals surface area contributed by atoms with Crippen LogP contribution < -0.4 is 9.47 Å². The third-order valence-electron chi connectivity index (χ3n) is 4.13. The number of nitrogens with zero attached hydrogens (tertiary/aromatic N) is 2. The van der Waals surface area contributed by atoms with Gasteiger partial charge in [0.25, 0.3) is 0 Å². The average Bonchev–Trinajstić information content (AvgIpc) is 2.67. The van der Waals surface area contributed by atoms with Gasteiger partial charge < -0.3 is 19.1 Å². The predicted octanol–water partition coefficient (Wildman–Crippen LogP) is 4.08. The highest BCUT2D eigenvalue weighted by Crippen LogP contribution is 2.28. The van der Waals surface area contributed by atoms with E-state index >= 15 is 0 Å². The zero-order valence-corrected chi connectivity index (χ0v) is 15.8. The van der Waals surface area contributed by atoms with Gasteiger partial charge in [-0.1, -0.05) is 28.5 Å². The summed E-state index contributed by atoms with van der Waals surface area (Å²) in [6.07, 6.45) is 10.8. The molecule has 0 aliphatic heterocycles. The van der Waals surface area contributed by atoms with E-state index in [1.165, 1.54) is 0 Å². The molecule has 1 aliphatic carbocycles. The zero-order valence-electron chi connectivity index (χ0n) is 15.8. The van der Waals surface area contributed by atoms with E-state index in [2.05, 4.69) is 16.4 Å². The van der Waals surface area contributed by atoms with Crippen LogP contribution in [0, 0.1) is 5.92 Å². The monoisotopic (exact) mass is 358 g/mol. The summed E-state index contributed by atoms with van der Waals surface area (Å²) in [4.78, 5) is 9.97. The Morgan fingerprint density at radius 2 is 1.92 bits per heavy atom. The van der Waals surface area contributed by atoms with E-state index in [1.54, 1.807) is 28.4 Å². The van der Waals surface area contributed by atoms with Crippen LogP contribution in [0.4, 0.5) is 0 Å². The number of ether oxygens (including phenoxy) is 2. The van der Waals surface area contributed by atoms with Crippen LogP contribution in [0.5, 0.6) is 11.5 Å². The second-order valence-corrected chi connectivity index (χ2v) is 5.79. The van der Waals surface area contributed by atoms with E-state index in [-0.39, 0.29) is 5.92 Å². The summed E-state index contributed by atoms with van der Waals surface area (Å²) >= 11 is 0. The molecule has 6 heteroatoms. The molecule has 6 nitrogen and oxygen atoms in total. The lowest BCUT2D eigenvalue weighted by Gasteiger charge is -2.19. The maximum atomic E-state index is 5.34. The van der Waals surface area contributed by atoms with Crippen molar-refractivity contribution in [1.29, 1.82) is 0 Å². The maximum absolute atomic E-state index is 5.34. The van der Waals surface area contributed by atoms with Gasteiger partial charge in [0.05, 0.1) is 25.6 Å². The molecule has 0 N–H and O–H groups in total. The SMILES string of the molecule is CON=C1C=CCCC1CC(/C=C/c1ccc(OC)c(OC)c1)=N/OC. The van der Waals surface area contributed by atoms with Crippen molar-refractivity contribution in [3.63, 3.8) is 0 Å². The summed E-state index contributed by atoms with van der Waals surface area (Å²) < 4.78 is 10.6. The molecule has 0 heterocycles. The lowest BCUT2D eigenvalue weighted by atomic mass is 9.88. The Labute approximate surface area is 154 Å². The highest BCUT2D eigenvalue weighted by molar-refractivity contribution is 6.04. The first-order chi connectivity index (χ1) is 12.7. The van der Waals surface area contributed by atoms with E-state index in [0.29, 0.717) is 11.5 Å². The first-order valence-electron chi connectivity index (χ1n) is 8.49. The second kappa shape index (κ2) is 10.3. The zero-order chi connectivity index (χ0) is 18.8. The Hall–Kier alpha value is -2.76. The van der Waals surface area contributed by atoms with Gasteiger partial charge in [0.1, 0.15) is 14.2 Å². The fourth-order valence-electron chi connectivity index (χ4n) is 2.86. The summed E-state index contributed by atoms with van der Waals surface area (Å²) in [5, 5.41) is 8.28. The first-order valence-corrected chi connectivity index (χ1v) is 8.49. The van der Waals surface area contributed by atoms with E-state index in [4.69, 9.17) is 19.1 Å². The topological polar surface area (TPSA) is 61.6 Å². The fourth-order valence-corrected chi connectivity index (χ4v) is 2.86. The van der Waals surface area contributed by atoms with Gasteiger partial charge in [0.2, 0.25) is 0 Å². The summed E-state index contributed by atoms with van der Waals surface area (Å²) in [5.41, 5.74) is 2.76. The molecule has 1 aromatic carbocycles. The minimum atomic E-state index is 0.254. The Bertz CT molecular complexity index is 708. The Kier molecular flexibility index (Phi) is 7.74. The molecule has 0 saturated carbocycles. The van der Waals surface area contributed by atoms with Gasteiger partial charge in [-0.15, -0.1) is 0 Å². The highest BCUT2D eigenvalue weighted by Gasteiger charge is 2.19. The van der Waals surface area contributed by atoms with Crippen molar-refractivity contribution in [3.05, 3.63) is 42.0 Å². The normalized spacial score (nSPS) is 19.0. The lowest BCUT2D eigenvalue weighted by Crippen LogP contribution is -2.19. The number of oxime groups is 2. The lowest BCUT2D eigenvalue weighted by molar-refractivity contribution is 0.209. The summed E-state index contributed by atoms with van der Waals surface area (Å²) in [7, 11) is 6.35. The maximum Gasteiger partial charge on any atom is 0.161 e. The number of hydrogen-bond donors (Lipinski definition) is 0. The van der Waals surface area contributed by atoms with Gasteiger partial charge in [-0.25, -0.2) is 0 Å². The van der Waals surface area contributed by atoms with Crippen molar-refractivity contribution in [2.24, 2.45) is 16.2 Å². The third-order valence-corrected chi connectivity index (χ3v) is 4.13. The third kappa shape index (κ3) is 5.37. The second-order valence-electron chi connectivity index (χ2n) is 5.79. The molecule has 1 atom stereocenters. The van der Waals surface area contributed by atoms with Crippen LogP contribution in [0.3, 0.4) is 0 Å². The molecule has 0 saturated heterocycles. The number of methoxy groups -OCH3 is 2. The molecule has 0 aromatic heterocycles. The number of rotatable bonds is 8. The molecule has 0 fully saturated rings. The molecule has 26 heavy (non-hydrogen) atoms. The van der Waals surface area contributed by atoms with Crippen LogP contribution in [0.1, 0.15) is 24.8 Å². The van der Waals surface area contributed by atoms with Crippen molar-refractivity contribution in [3.8, 4) is 11.5 Å². The Morgan fingerprint density at radius 3 is 2.62 bits per heavy atom. The highest BCUT2D eigenvalue weighted by atomic mass is 16.6. The molecular weight excluding hydrogens is 332 g/mol. The molecule has 0 bridgehead atoms. The summed E-state index contributed by atoms with van der Waals surface area (Å²) in [6, 6.07) is 5.76. The van der Waals surface area contributed by atoms with Crippen molar-refractivity contribution < 1.29 is 19.1 Å². The van der Waals surface area contributed by atoms with Gasteiger partial charge in [0, 0.05) is 12.3 Å². The van der Waals surface area contributed by atoms with Gasteiger partial charge >= 0.3 is 0 Å².